The van der Waals surface area contributed by atoms with Gasteiger partial charge in [0.25, 0.3) is 5.22 Å². The van der Waals surface area contributed by atoms with Crippen molar-refractivity contribution < 1.29 is 4.42 Å². The zero-order chi connectivity index (χ0) is 13.8. The fourth-order valence-corrected chi connectivity index (χ4v) is 3.01. The number of benzene rings is 1. The standard InChI is InChI=1S/C14H10BrN3OS/c15-12-6-2-1-4-11(12)9-20-14-18-17-13(19-14)10-5-3-7-16-8-10/h1-8H,9H2. The summed E-state index contributed by atoms with van der Waals surface area (Å²) in [5.41, 5.74) is 2.02. The molecule has 0 aliphatic heterocycles. The molecule has 1 aromatic carbocycles. The number of thioether (sulfide) groups is 1. The minimum Gasteiger partial charge on any atom is -0.411 e. The number of pyridine rings is 1. The van der Waals surface area contributed by atoms with Crippen molar-refractivity contribution in [1.82, 2.24) is 15.2 Å². The van der Waals surface area contributed by atoms with Gasteiger partial charge in [0.2, 0.25) is 5.89 Å². The first-order valence-electron chi connectivity index (χ1n) is 5.93. The quantitative estimate of drug-likeness (QED) is 0.662. The third-order valence-electron chi connectivity index (χ3n) is 2.62. The van der Waals surface area contributed by atoms with E-state index in [0.29, 0.717) is 11.1 Å². The smallest absolute Gasteiger partial charge is 0.277 e. The van der Waals surface area contributed by atoms with Crippen LogP contribution >= 0.6 is 27.7 Å². The lowest BCUT2D eigenvalue weighted by atomic mass is 10.2. The van der Waals surface area contributed by atoms with Crippen LogP contribution in [0.25, 0.3) is 11.5 Å². The van der Waals surface area contributed by atoms with Crippen LogP contribution < -0.4 is 0 Å². The summed E-state index contributed by atoms with van der Waals surface area (Å²) in [7, 11) is 0. The van der Waals surface area contributed by atoms with Gasteiger partial charge in [-0.1, -0.05) is 45.9 Å². The van der Waals surface area contributed by atoms with Gasteiger partial charge in [-0.2, -0.15) is 0 Å². The molecule has 3 aromatic rings. The molecule has 0 spiro atoms. The van der Waals surface area contributed by atoms with Crippen LogP contribution in [-0.2, 0) is 5.75 Å². The number of hydrogen-bond donors (Lipinski definition) is 0. The molecule has 0 bridgehead atoms. The van der Waals surface area contributed by atoms with E-state index in [1.165, 1.54) is 17.3 Å². The summed E-state index contributed by atoms with van der Waals surface area (Å²) in [6, 6.07) is 11.8. The minimum atomic E-state index is 0.493. The predicted molar refractivity (Wildman–Crippen MR) is 81.2 cm³/mol. The molecule has 0 amide bonds. The Bertz CT molecular complexity index is 702. The summed E-state index contributed by atoms with van der Waals surface area (Å²) in [5.74, 6) is 1.27. The summed E-state index contributed by atoms with van der Waals surface area (Å²) in [6.45, 7) is 0. The lowest BCUT2D eigenvalue weighted by Crippen LogP contribution is -1.82. The summed E-state index contributed by atoms with van der Waals surface area (Å²) in [5, 5.41) is 8.63. The fraction of sp³-hybridized carbons (Fsp3) is 0.0714. The van der Waals surface area contributed by atoms with Gasteiger partial charge in [-0.25, -0.2) is 0 Å². The first-order valence-corrected chi connectivity index (χ1v) is 7.71. The van der Waals surface area contributed by atoms with Gasteiger partial charge in [-0.3, -0.25) is 4.98 Å². The normalized spacial score (nSPS) is 10.7. The van der Waals surface area contributed by atoms with Crippen molar-refractivity contribution in [3.8, 4) is 11.5 Å². The van der Waals surface area contributed by atoms with Crippen LogP contribution in [0.3, 0.4) is 0 Å². The Kier molecular flexibility index (Phi) is 4.13. The highest BCUT2D eigenvalue weighted by Gasteiger charge is 2.09. The van der Waals surface area contributed by atoms with Crippen molar-refractivity contribution >= 4 is 27.7 Å². The molecule has 2 aromatic heterocycles. The van der Waals surface area contributed by atoms with E-state index >= 15 is 0 Å². The van der Waals surface area contributed by atoms with Crippen molar-refractivity contribution in [2.24, 2.45) is 0 Å². The maximum absolute atomic E-state index is 5.62. The van der Waals surface area contributed by atoms with Gasteiger partial charge >= 0.3 is 0 Å². The van der Waals surface area contributed by atoms with E-state index in [2.05, 4.69) is 37.2 Å². The molecule has 0 saturated heterocycles. The van der Waals surface area contributed by atoms with Crippen LogP contribution in [0.4, 0.5) is 0 Å². The highest BCUT2D eigenvalue weighted by Crippen LogP contribution is 2.27. The number of rotatable bonds is 4. The monoisotopic (exact) mass is 347 g/mol. The Morgan fingerprint density at radius 2 is 2.00 bits per heavy atom. The van der Waals surface area contributed by atoms with E-state index in [1.54, 1.807) is 12.4 Å². The second-order valence-corrected chi connectivity index (χ2v) is 5.78. The SMILES string of the molecule is Brc1ccccc1CSc1nnc(-c2cccnc2)o1. The van der Waals surface area contributed by atoms with Crippen molar-refractivity contribution in [1.29, 1.82) is 0 Å². The van der Waals surface area contributed by atoms with Crippen LogP contribution in [0.1, 0.15) is 5.56 Å². The van der Waals surface area contributed by atoms with E-state index in [4.69, 9.17) is 4.42 Å². The molecular weight excluding hydrogens is 338 g/mol. The zero-order valence-corrected chi connectivity index (χ0v) is 12.8. The lowest BCUT2D eigenvalue weighted by Gasteiger charge is -2.00. The molecule has 0 unspecified atom stereocenters. The van der Waals surface area contributed by atoms with Gasteiger partial charge in [0, 0.05) is 22.6 Å². The maximum atomic E-state index is 5.62. The molecular formula is C14H10BrN3OS. The Labute approximate surface area is 128 Å². The van der Waals surface area contributed by atoms with Gasteiger partial charge in [0.15, 0.2) is 0 Å². The first kappa shape index (κ1) is 13.3. The van der Waals surface area contributed by atoms with Crippen LogP contribution in [0, 0.1) is 0 Å². The highest BCUT2D eigenvalue weighted by molar-refractivity contribution is 9.10. The molecule has 100 valence electrons. The molecule has 2 heterocycles. The molecule has 0 aliphatic carbocycles. The van der Waals surface area contributed by atoms with E-state index in [1.807, 2.05) is 30.3 Å². The molecule has 0 N–H and O–H groups in total. The molecule has 0 saturated carbocycles. The van der Waals surface area contributed by atoms with Crippen molar-refractivity contribution in [2.45, 2.75) is 11.0 Å². The first-order chi connectivity index (χ1) is 9.83. The second-order valence-electron chi connectivity index (χ2n) is 3.99. The molecule has 0 radical (unpaired) electrons. The maximum Gasteiger partial charge on any atom is 0.277 e. The Balaban J connectivity index is 1.71. The van der Waals surface area contributed by atoms with Gasteiger partial charge in [0.05, 0.1) is 5.56 Å². The topological polar surface area (TPSA) is 51.8 Å². The summed E-state index contributed by atoms with van der Waals surface area (Å²) < 4.78 is 6.70. The Morgan fingerprint density at radius 3 is 2.80 bits per heavy atom. The largest absolute Gasteiger partial charge is 0.411 e. The molecule has 3 rings (SSSR count). The van der Waals surface area contributed by atoms with E-state index in [-0.39, 0.29) is 0 Å². The summed E-state index contributed by atoms with van der Waals surface area (Å²) in [4.78, 5) is 4.03. The molecule has 0 fully saturated rings. The van der Waals surface area contributed by atoms with Gasteiger partial charge < -0.3 is 4.42 Å². The van der Waals surface area contributed by atoms with Crippen molar-refractivity contribution in [3.63, 3.8) is 0 Å². The number of halogens is 1. The molecule has 6 heteroatoms. The highest BCUT2D eigenvalue weighted by atomic mass is 79.9. The average Bonchev–Trinajstić information content (AvgIpc) is 2.96. The van der Waals surface area contributed by atoms with Crippen LogP contribution in [0.5, 0.6) is 0 Å². The Hall–Kier alpha value is -1.66. The lowest BCUT2D eigenvalue weighted by molar-refractivity contribution is 0.465. The fourth-order valence-electron chi connectivity index (χ4n) is 1.63. The van der Waals surface area contributed by atoms with Crippen LogP contribution in [0.2, 0.25) is 0 Å². The average molecular weight is 348 g/mol. The van der Waals surface area contributed by atoms with E-state index < -0.39 is 0 Å². The Morgan fingerprint density at radius 1 is 1.10 bits per heavy atom. The third-order valence-corrected chi connectivity index (χ3v) is 4.26. The zero-order valence-electron chi connectivity index (χ0n) is 10.4. The van der Waals surface area contributed by atoms with Gasteiger partial charge in [0.1, 0.15) is 0 Å². The summed E-state index contributed by atoms with van der Waals surface area (Å²) in [6.07, 6.45) is 3.41. The summed E-state index contributed by atoms with van der Waals surface area (Å²) >= 11 is 5.04. The molecule has 0 aliphatic rings. The van der Waals surface area contributed by atoms with Crippen LogP contribution in [0.15, 0.2) is 62.9 Å². The van der Waals surface area contributed by atoms with E-state index in [9.17, 15) is 0 Å². The molecule has 4 nitrogen and oxygen atoms in total. The van der Waals surface area contributed by atoms with Crippen LogP contribution in [-0.4, -0.2) is 15.2 Å². The van der Waals surface area contributed by atoms with Crippen molar-refractivity contribution in [2.75, 3.05) is 0 Å². The number of aromatic nitrogens is 3. The number of hydrogen-bond acceptors (Lipinski definition) is 5. The van der Waals surface area contributed by atoms with Crippen molar-refractivity contribution in [3.05, 3.63) is 58.8 Å². The van der Waals surface area contributed by atoms with Gasteiger partial charge in [-0.15, -0.1) is 10.2 Å². The molecule has 0 atom stereocenters. The van der Waals surface area contributed by atoms with Gasteiger partial charge in [-0.05, 0) is 23.8 Å². The minimum absolute atomic E-state index is 0.493. The third kappa shape index (κ3) is 3.08. The van der Waals surface area contributed by atoms with E-state index in [0.717, 1.165) is 15.8 Å². The number of nitrogens with zero attached hydrogens (tertiary/aromatic N) is 3. The molecule has 20 heavy (non-hydrogen) atoms. The second kappa shape index (κ2) is 6.19. The predicted octanol–water partition coefficient (Wildman–Crippen LogP) is 4.19.